The van der Waals surface area contributed by atoms with Crippen LogP contribution in [0.15, 0.2) is 47.4 Å². The quantitative estimate of drug-likeness (QED) is 0.739. The molecule has 1 aliphatic rings. The number of carbonyl (C=O) groups is 2. The molecule has 2 amide bonds. The third kappa shape index (κ3) is 3.57. The fourth-order valence-electron chi connectivity index (χ4n) is 2.58. The molecule has 0 aromatic heterocycles. The zero-order valence-corrected chi connectivity index (χ0v) is 15.0. The molecule has 7 heteroatoms. The Morgan fingerprint density at radius 3 is 2.46 bits per heavy atom. The van der Waals surface area contributed by atoms with Crippen molar-refractivity contribution in [2.75, 3.05) is 14.2 Å². The number of para-hydroxylation sites is 1. The standard InChI is InChI=1S/C19H16FNO4S/c1-24-15-5-3-4-13(17(15)25-2)10-16-18(22)21(19(23)26-16)11-12-6-8-14(20)9-7-12/h3-10H,11H2,1-2H3/b16-10+. The van der Waals surface area contributed by atoms with Crippen LogP contribution in [0.1, 0.15) is 11.1 Å². The van der Waals surface area contributed by atoms with Crippen LogP contribution < -0.4 is 9.47 Å². The first-order valence-electron chi connectivity index (χ1n) is 7.74. The van der Waals surface area contributed by atoms with Crippen LogP contribution in [-0.2, 0) is 11.3 Å². The first-order valence-corrected chi connectivity index (χ1v) is 8.56. The molecule has 1 saturated heterocycles. The Kier molecular flexibility index (Phi) is 5.27. The van der Waals surface area contributed by atoms with E-state index in [1.54, 1.807) is 36.4 Å². The molecule has 1 heterocycles. The van der Waals surface area contributed by atoms with Crippen LogP contribution in [-0.4, -0.2) is 30.3 Å². The number of benzene rings is 2. The van der Waals surface area contributed by atoms with E-state index in [0.29, 0.717) is 27.5 Å². The maximum absolute atomic E-state index is 13.0. The van der Waals surface area contributed by atoms with Gasteiger partial charge in [-0.15, -0.1) is 0 Å². The minimum Gasteiger partial charge on any atom is -0.493 e. The number of hydrogen-bond donors (Lipinski definition) is 0. The van der Waals surface area contributed by atoms with E-state index in [1.165, 1.54) is 26.4 Å². The minimum atomic E-state index is -0.394. The Morgan fingerprint density at radius 1 is 1.08 bits per heavy atom. The van der Waals surface area contributed by atoms with Crippen molar-refractivity contribution in [3.8, 4) is 11.5 Å². The van der Waals surface area contributed by atoms with Gasteiger partial charge in [-0.05, 0) is 41.6 Å². The summed E-state index contributed by atoms with van der Waals surface area (Å²) in [6.45, 7) is 0.0948. The Balaban J connectivity index is 1.87. The molecule has 2 aromatic rings. The van der Waals surface area contributed by atoms with Crippen molar-refractivity contribution in [3.05, 3.63) is 64.3 Å². The average Bonchev–Trinajstić information content (AvgIpc) is 2.90. The van der Waals surface area contributed by atoms with E-state index in [-0.39, 0.29) is 17.6 Å². The lowest BCUT2D eigenvalue weighted by atomic mass is 10.1. The van der Waals surface area contributed by atoms with Crippen molar-refractivity contribution in [1.82, 2.24) is 4.90 Å². The van der Waals surface area contributed by atoms with Gasteiger partial charge in [0.1, 0.15) is 5.82 Å². The van der Waals surface area contributed by atoms with E-state index in [2.05, 4.69) is 0 Å². The summed E-state index contributed by atoms with van der Waals surface area (Å²) in [5.41, 5.74) is 1.31. The number of methoxy groups -OCH3 is 2. The van der Waals surface area contributed by atoms with Crippen LogP contribution in [0.5, 0.6) is 11.5 Å². The summed E-state index contributed by atoms with van der Waals surface area (Å²) < 4.78 is 23.6. The van der Waals surface area contributed by atoms with E-state index in [9.17, 15) is 14.0 Å². The Labute approximate surface area is 154 Å². The van der Waals surface area contributed by atoms with Crippen LogP contribution in [0.4, 0.5) is 9.18 Å². The van der Waals surface area contributed by atoms with Crippen molar-refractivity contribution in [2.45, 2.75) is 6.54 Å². The number of hydrogen-bond acceptors (Lipinski definition) is 5. The molecule has 3 rings (SSSR count). The Hall–Kier alpha value is -2.80. The summed E-state index contributed by atoms with van der Waals surface area (Å²) >= 11 is 0.860. The van der Waals surface area contributed by atoms with Gasteiger partial charge in [-0.25, -0.2) is 4.39 Å². The highest BCUT2D eigenvalue weighted by atomic mass is 32.2. The van der Waals surface area contributed by atoms with Crippen LogP contribution in [0.2, 0.25) is 0 Å². The molecule has 2 aromatic carbocycles. The van der Waals surface area contributed by atoms with Crippen molar-refractivity contribution in [3.63, 3.8) is 0 Å². The van der Waals surface area contributed by atoms with Gasteiger partial charge in [0.25, 0.3) is 11.1 Å². The van der Waals surface area contributed by atoms with Gasteiger partial charge < -0.3 is 9.47 Å². The van der Waals surface area contributed by atoms with E-state index in [4.69, 9.17) is 9.47 Å². The summed E-state index contributed by atoms with van der Waals surface area (Å²) in [7, 11) is 3.04. The molecule has 134 valence electrons. The SMILES string of the molecule is COc1cccc(/C=C2/SC(=O)N(Cc3ccc(F)cc3)C2=O)c1OC. The monoisotopic (exact) mass is 373 g/mol. The lowest BCUT2D eigenvalue weighted by Gasteiger charge is -2.12. The van der Waals surface area contributed by atoms with Gasteiger partial charge >= 0.3 is 0 Å². The molecule has 0 unspecified atom stereocenters. The van der Waals surface area contributed by atoms with Gasteiger partial charge in [-0.2, -0.15) is 0 Å². The molecular formula is C19H16FNO4S. The highest BCUT2D eigenvalue weighted by molar-refractivity contribution is 8.18. The molecule has 0 aliphatic carbocycles. The zero-order chi connectivity index (χ0) is 18.7. The van der Waals surface area contributed by atoms with Crippen molar-refractivity contribution in [1.29, 1.82) is 0 Å². The van der Waals surface area contributed by atoms with Crippen LogP contribution in [0, 0.1) is 5.82 Å². The molecule has 0 N–H and O–H groups in total. The van der Waals surface area contributed by atoms with Gasteiger partial charge in [-0.1, -0.05) is 24.3 Å². The van der Waals surface area contributed by atoms with E-state index >= 15 is 0 Å². The molecule has 1 aliphatic heterocycles. The summed E-state index contributed by atoms with van der Waals surface area (Å²) in [5, 5.41) is -0.368. The van der Waals surface area contributed by atoms with E-state index in [1.807, 2.05) is 0 Å². The summed E-state index contributed by atoms with van der Waals surface area (Å²) in [6, 6.07) is 11.0. The number of nitrogens with zero attached hydrogens (tertiary/aromatic N) is 1. The molecule has 0 saturated carbocycles. The minimum absolute atomic E-state index is 0.0948. The van der Waals surface area contributed by atoms with Gasteiger partial charge in [0.15, 0.2) is 11.5 Å². The van der Waals surface area contributed by atoms with Crippen molar-refractivity contribution < 1.29 is 23.5 Å². The molecule has 5 nitrogen and oxygen atoms in total. The normalized spacial score (nSPS) is 15.7. The second-order valence-corrected chi connectivity index (χ2v) is 6.47. The number of carbonyl (C=O) groups excluding carboxylic acids is 2. The maximum Gasteiger partial charge on any atom is 0.293 e. The van der Waals surface area contributed by atoms with E-state index in [0.717, 1.165) is 16.7 Å². The molecule has 0 radical (unpaired) electrons. The number of imide groups is 1. The van der Waals surface area contributed by atoms with Gasteiger partial charge in [0, 0.05) is 5.56 Å². The summed E-state index contributed by atoms with van der Waals surface area (Å²) in [6.07, 6.45) is 1.61. The first-order chi connectivity index (χ1) is 12.5. The topological polar surface area (TPSA) is 55.8 Å². The largest absolute Gasteiger partial charge is 0.493 e. The molecule has 0 atom stereocenters. The highest BCUT2D eigenvalue weighted by Gasteiger charge is 2.35. The Bertz CT molecular complexity index is 880. The van der Waals surface area contributed by atoms with Gasteiger partial charge in [-0.3, -0.25) is 14.5 Å². The Morgan fingerprint density at radius 2 is 1.81 bits per heavy atom. The lowest BCUT2D eigenvalue weighted by Crippen LogP contribution is -2.27. The molecule has 26 heavy (non-hydrogen) atoms. The number of amides is 2. The molecule has 1 fully saturated rings. The second kappa shape index (κ2) is 7.61. The summed E-state index contributed by atoms with van der Waals surface area (Å²) in [4.78, 5) is 26.3. The van der Waals surface area contributed by atoms with Crippen LogP contribution in [0.3, 0.4) is 0 Å². The fourth-order valence-corrected chi connectivity index (χ4v) is 3.40. The van der Waals surface area contributed by atoms with E-state index < -0.39 is 5.91 Å². The number of rotatable bonds is 5. The number of thioether (sulfide) groups is 1. The first kappa shape index (κ1) is 18.0. The van der Waals surface area contributed by atoms with Gasteiger partial charge in [0.2, 0.25) is 0 Å². The lowest BCUT2D eigenvalue weighted by molar-refractivity contribution is -0.123. The second-order valence-electron chi connectivity index (χ2n) is 5.48. The predicted octanol–water partition coefficient (Wildman–Crippen LogP) is 4.08. The third-order valence-corrected chi connectivity index (χ3v) is 4.75. The highest BCUT2D eigenvalue weighted by Crippen LogP contribution is 2.37. The van der Waals surface area contributed by atoms with Crippen molar-refractivity contribution >= 4 is 29.0 Å². The van der Waals surface area contributed by atoms with Gasteiger partial charge in [0.05, 0.1) is 25.7 Å². The number of halogens is 1. The van der Waals surface area contributed by atoms with Crippen LogP contribution >= 0.6 is 11.8 Å². The number of ether oxygens (including phenoxy) is 2. The third-order valence-electron chi connectivity index (χ3n) is 3.85. The predicted molar refractivity (Wildman–Crippen MR) is 97.5 cm³/mol. The zero-order valence-electron chi connectivity index (χ0n) is 14.2. The fraction of sp³-hybridized carbons (Fsp3) is 0.158. The van der Waals surface area contributed by atoms with Crippen molar-refractivity contribution in [2.24, 2.45) is 0 Å². The molecular weight excluding hydrogens is 357 g/mol. The maximum atomic E-state index is 13.0. The smallest absolute Gasteiger partial charge is 0.293 e. The summed E-state index contributed by atoms with van der Waals surface area (Å²) in [5.74, 6) is 0.259. The molecule has 0 spiro atoms. The molecule has 0 bridgehead atoms. The average molecular weight is 373 g/mol. The van der Waals surface area contributed by atoms with Crippen LogP contribution in [0.25, 0.3) is 6.08 Å².